The average molecular weight is 164 g/mol. The zero-order chi connectivity index (χ0) is 6.62. The Kier molecular flexibility index (Phi) is 6.37. The van der Waals surface area contributed by atoms with Gasteiger partial charge in [0.05, 0.1) is 6.54 Å². The van der Waals surface area contributed by atoms with Crippen molar-refractivity contribution in [2.45, 2.75) is 19.6 Å². The van der Waals surface area contributed by atoms with E-state index in [1.54, 1.807) is 0 Å². The van der Waals surface area contributed by atoms with E-state index in [1.807, 2.05) is 0 Å². The van der Waals surface area contributed by atoms with E-state index in [9.17, 15) is 0 Å². The predicted octanol–water partition coefficient (Wildman–Crippen LogP) is 1.25. The minimum Gasteiger partial charge on any atom is -0.320 e. The lowest BCUT2D eigenvalue weighted by Gasteiger charge is -2.02. The van der Waals surface area contributed by atoms with E-state index in [0.29, 0.717) is 6.54 Å². The van der Waals surface area contributed by atoms with Gasteiger partial charge in [-0.05, 0) is 0 Å². The first-order valence-corrected chi connectivity index (χ1v) is 6.26. The van der Waals surface area contributed by atoms with Crippen LogP contribution in [0.1, 0.15) is 0 Å². The molecule has 54 valence electrons. The Morgan fingerprint density at radius 2 is 1.78 bits per heavy atom. The SMILES string of the molecule is C[Si](C)(C)C#CCN.Cl. The minimum atomic E-state index is -1.12. The molecule has 0 amide bonds. The van der Waals surface area contributed by atoms with Crippen LogP contribution < -0.4 is 5.73 Å². The van der Waals surface area contributed by atoms with Crippen LogP contribution in [-0.4, -0.2) is 14.6 Å². The first kappa shape index (κ1) is 11.8. The van der Waals surface area contributed by atoms with E-state index in [2.05, 4.69) is 31.1 Å². The zero-order valence-electron chi connectivity index (χ0n) is 6.19. The van der Waals surface area contributed by atoms with Gasteiger partial charge in [-0.2, -0.15) is 0 Å². The van der Waals surface area contributed by atoms with Crippen molar-refractivity contribution in [3.63, 3.8) is 0 Å². The summed E-state index contributed by atoms with van der Waals surface area (Å²) < 4.78 is 0. The number of rotatable bonds is 0. The largest absolute Gasteiger partial charge is 0.320 e. The Bertz CT molecular complexity index is 117. The summed E-state index contributed by atoms with van der Waals surface area (Å²) in [7, 11) is -1.12. The summed E-state index contributed by atoms with van der Waals surface area (Å²) in [4.78, 5) is 0. The predicted molar refractivity (Wildman–Crippen MR) is 47.4 cm³/mol. The van der Waals surface area contributed by atoms with E-state index in [-0.39, 0.29) is 12.4 Å². The van der Waals surface area contributed by atoms with Crippen molar-refractivity contribution in [3.8, 4) is 11.5 Å². The molecular formula is C6H14ClNSi. The summed E-state index contributed by atoms with van der Waals surface area (Å²) in [5.74, 6) is 2.88. The second-order valence-corrected chi connectivity index (χ2v) is 7.51. The molecule has 3 heteroatoms. The number of hydrogen-bond donors (Lipinski definition) is 1. The van der Waals surface area contributed by atoms with Crippen molar-refractivity contribution < 1.29 is 0 Å². The topological polar surface area (TPSA) is 26.0 Å². The van der Waals surface area contributed by atoms with Gasteiger partial charge in [-0.15, -0.1) is 18.0 Å². The standard InChI is InChI=1S/C6H13NSi.ClH/c1-8(2,3)6-4-5-7;/h5,7H2,1-3H3;1H. The van der Waals surface area contributed by atoms with Gasteiger partial charge in [0.2, 0.25) is 0 Å². The van der Waals surface area contributed by atoms with Crippen LogP contribution in [0.4, 0.5) is 0 Å². The molecule has 0 heterocycles. The Hall–Kier alpha value is 0.0269. The lowest BCUT2D eigenvalue weighted by atomic mass is 10.7. The molecule has 0 rings (SSSR count). The molecule has 0 fully saturated rings. The third kappa shape index (κ3) is 11.5. The van der Waals surface area contributed by atoms with Gasteiger partial charge in [0.25, 0.3) is 0 Å². The third-order valence-corrected chi connectivity index (χ3v) is 1.49. The Balaban J connectivity index is 0. The molecule has 0 aromatic rings. The molecule has 0 radical (unpaired) electrons. The molecular weight excluding hydrogens is 150 g/mol. The van der Waals surface area contributed by atoms with Gasteiger partial charge in [-0.1, -0.05) is 25.6 Å². The van der Waals surface area contributed by atoms with E-state index >= 15 is 0 Å². The fourth-order valence-corrected chi connectivity index (χ4v) is 0.949. The van der Waals surface area contributed by atoms with Gasteiger partial charge in [0.15, 0.2) is 0 Å². The maximum Gasteiger partial charge on any atom is 0.129 e. The lowest BCUT2D eigenvalue weighted by molar-refractivity contribution is 1.30. The van der Waals surface area contributed by atoms with Crippen LogP contribution in [0.2, 0.25) is 19.6 Å². The molecule has 0 atom stereocenters. The smallest absolute Gasteiger partial charge is 0.129 e. The van der Waals surface area contributed by atoms with Crippen molar-refractivity contribution in [2.75, 3.05) is 6.54 Å². The van der Waals surface area contributed by atoms with Gasteiger partial charge in [-0.3, -0.25) is 0 Å². The lowest BCUT2D eigenvalue weighted by Crippen LogP contribution is -2.17. The van der Waals surface area contributed by atoms with E-state index in [4.69, 9.17) is 5.73 Å². The van der Waals surface area contributed by atoms with Crippen LogP contribution in [0.25, 0.3) is 0 Å². The van der Waals surface area contributed by atoms with Crippen LogP contribution in [-0.2, 0) is 0 Å². The monoisotopic (exact) mass is 163 g/mol. The zero-order valence-corrected chi connectivity index (χ0v) is 8.01. The highest BCUT2D eigenvalue weighted by Crippen LogP contribution is 1.95. The van der Waals surface area contributed by atoms with Crippen LogP contribution in [0.15, 0.2) is 0 Å². The Labute approximate surface area is 64.4 Å². The number of halogens is 1. The molecule has 0 aromatic heterocycles. The van der Waals surface area contributed by atoms with Crippen LogP contribution >= 0.6 is 12.4 Å². The molecule has 0 spiro atoms. The Morgan fingerprint density at radius 3 is 1.89 bits per heavy atom. The molecule has 2 N–H and O–H groups in total. The summed E-state index contributed by atoms with van der Waals surface area (Å²) in [6, 6.07) is 0. The molecule has 1 nitrogen and oxygen atoms in total. The summed E-state index contributed by atoms with van der Waals surface area (Å²) in [6.07, 6.45) is 0. The van der Waals surface area contributed by atoms with Crippen LogP contribution in [0.3, 0.4) is 0 Å². The average Bonchev–Trinajstić information content (AvgIpc) is 1.59. The van der Waals surface area contributed by atoms with Gasteiger partial charge >= 0.3 is 0 Å². The van der Waals surface area contributed by atoms with Gasteiger partial charge in [0, 0.05) is 0 Å². The minimum absolute atomic E-state index is 0. The molecule has 0 aliphatic carbocycles. The molecule has 0 unspecified atom stereocenters. The quantitative estimate of drug-likeness (QED) is 0.422. The fraction of sp³-hybridized carbons (Fsp3) is 0.667. The molecule has 0 saturated heterocycles. The van der Waals surface area contributed by atoms with E-state index in [1.165, 1.54) is 0 Å². The highest BCUT2D eigenvalue weighted by molar-refractivity contribution is 6.83. The van der Waals surface area contributed by atoms with Crippen LogP contribution in [0.5, 0.6) is 0 Å². The maximum absolute atomic E-state index is 5.18. The summed E-state index contributed by atoms with van der Waals surface area (Å²) in [6.45, 7) is 7.12. The summed E-state index contributed by atoms with van der Waals surface area (Å²) in [5, 5.41) is 0. The van der Waals surface area contributed by atoms with Crippen molar-refractivity contribution >= 4 is 20.5 Å². The van der Waals surface area contributed by atoms with Gasteiger partial charge in [-0.25, -0.2) is 0 Å². The van der Waals surface area contributed by atoms with Gasteiger partial charge < -0.3 is 5.73 Å². The third-order valence-electron chi connectivity index (χ3n) is 0.565. The van der Waals surface area contributed by atoms with Crippen LogP contribution in [0, 0.1) is 11.5 Å². The second-order valence-electron chi connectivity index (χ2n) is 2.76. The fourth-order valence-electron chi connectivity index (χ4n) is 0.316. The molecule has 0 bridgehead atoms. The molecule has 0 aromatic carbocycles. The molecule has 0 saturated carbocycles. The number of nitrogens with two attached hydrogens (primary N) is 1. The van der Waals surface area contributed by atoms with Gasteiger partial charge in [0.1, 0.15) is 8.07 Å². The molecule has 0 aliphatic rings. The number of hydrogen-bond acceptors (Lipinski definition) is 1. The first-order chi connectivity index (χ1) is 3.56. The second kappa shape index (κ2) is 4.86. The maximum atomic E-state index is 5.18. The first-order valence-electron chi connectivity index (χ1n) is 2.76. The van der Waals surface area contributed by atoms with Crippen molar-refractivity contribution in [1.82, 2.24) is 0 Å². The van der Waals surface area contributed by atoms with Crippen molar-refractivity contribution in [3.05, 3.63) is 0 Å². The Morgan fingerprint density at radius 1 is 1.33 bits per heavy atom. The normalized spacial score (nSPS) is 8.89. The highest BCUT2D eigenvalue weighted by Gasteiger charge is 2.06. The summed E-state index contributed by atoms with van der Waals surface area (Å²) in [5.41, 5.74) is 8.32. The van der Waals surface area contributed by atoms with E-state index < -0.39 is 8.07 Å². The molecule has 0 aliphatic heterocycles. The van der Waals surface area contributed by atoms with Crippen molar-refractivity contribution in [2.24, 2.45) is 5.73 Å². The summed E-state index contributed by atoms with van der Waals surface area (Å²) >= 11 is 0. The van der Waals surface area contributed by atoms with E-state index in [0.717, 1.165) is 0 Å². The van der Waals surface area contributed by atoms with Crippen molar-refractivity contribution in [1.29, 1.82) is 0 Å². The molecule has 9 heavy (non-hydrogen) atoms. The highest BCUT2D eigenvalue weighted by atomic mass is 35.5.